The average Bonchev–Trinajstić information content (AvgIpc) is 2.16. The zero-order valence-electron chi connectivity index (χ0n) is 8.16. The smallest absolute Gasteiger partial charge is 0.311 e. The Morgan fingerprint density at radius 2 is 2.08 bits per heavy atom. The van der Waals surface area contributed by atoms with Gasteiger partial charge in [-0.3, -0.25) is 4.79 Å². The summed E-state index contributed by atoms with van der Waals surface area (Å²) < 4.78 is 9.91. The van der Waals surface area contributed by atoms with Crippen molar-refractivity contribution in [2.75, 3.05) is 14.2 Å². The molecule has 0 amide bonds. The highest BCUT2D eigenvalue weighted by atomic mass is 16.5. The molecule has 13 heavy (non-hydrogen) atoms. The van der Waals surface area contributed by atoms with Crippen molar-refractivity contribution < 1.29 is 14.3 Å². The van der Waals surface area contributed by atoms with Crippen LogP contribution in [0.3, 0.4) is 0 Å². The van der Waals surface area contributed by atoms with Gasteiger partial charge in [-0.1, -0.05) is 0 Å². The lowest BCUT2D eigenvalue weighted by Crippen LogP contribution is -2.41. The van der Waals surface area contributed by atoms with Crippen molar-refractivity contribution in [3.63, 3.8) is 0 Å². The molecule has 1 aliphatic rings. The van der Waals surface area contributed by atoms with E-state index in [1.54, 1.807) is 7.11 Å². The molecule has 0 aromatic carbocycles. The maximum Gasteiger partial charge on any atom is 0.311 e. The second kappa shape index (κ2) is 4.58. The molecule has 1 rings (SSSR count). The lowest BCUT2D eigenvalue weighted by atomic mass is 9.84. The highest BCUT2D eigenvalue weighted by Crippen LogP contribution is 2.26. The van der Waals surface area contributed by atoms with E-state index in [-0.39, 0.29) is 24.0 Å². The molecule has 1 fully saturated rings. The van der Waals surface area contributed by atoms with E-state index in [0.29, 0.717) is 0 Å². The van der Waals surface area contributed by atoms with Crippen molar-refractivity contribution >= 4 is 5.97 Å². The normalized spacial score (nSPS) is 34.2. The summed E-state index contributed by atoms with van der Waals surface area (Å²) in [6, 6.07) is 0.158. The van der Waals surface area contributed by atoms with E-state index in [2.05, 4.69) is 0 Å². The van der Waals surface area contributed by atoms with Crippen LogP contribution in [-0.2, 0) is 14.3 Å². The SMILES string of the molecule is COC(=O)C1CCC(N)CC1OC. The summed E-state index contributed by atoms with van der Waals surface area (Å²) in [5.41, 5.74) is 5.77. The summed E-state index contributed by atoms with van der Waals surface area (Å²) in [5, 5.41) is 0. The maximum atomic E-state index is 11.3. The lowest BCUT2D eigenvalue weighted by Gasteiger charge is -2.31. The number of methoxy groups -OCH3 is 2. The lowest BCUT2D eigenvalue weighted by molar-refractivity contribution is -0.152. The fraction of sp³-hybridized carbons (Fsp3) is 0.889. The largest absolute Gasteiger partial charge is 0.469 e. The number of carbonyl (C=O) groups is 1. The predicted molar refractivity (Wildman–Crippen MR) is 48.1 cm³/mol. The first-order valence-corrected chi connectivity index (χ1v) is 4.55. The molecule has 3 unspecified atom stereocenters. The molecule has 2 N–H and O–H groups in total. The van der Waals surface area contributed by atoms with E-state index in [0.717, 1.165) is 19.3 Å². The fourth-order valence-electron chi connectivity index (χ4n) is 1.84. The van der Waals surface area contributed by atoms with E-state index < -0.39 is 0 Å². The van der Waals surface area contributed by atoms with Gasteiger partial charge in [0.2, 0.25) is 0 Å². The summed E-state index contributed by atoms with van der Waals surface area (Å²) in [5.74, 6) is -0.312. The number of ether oxygens (including phenoxy) is 2. The molecule has 0 aliphatic heterocycles. The van der Waals surface area contributed by atoms with Crippen molar-refractivity contribution in [2.45, 2.75) is 31.4 Å². The first kappa shape index (κ1) is 10.5. The molecule has 0 saturated heterocycles. The van der Waals surface area contributed by atoms with Gasteiger partial charge >= 0.3 is 5.97 Å². The number of hydrogen-bond acceptors (Lipinski definition) is 4. The van der Waals surface area contributed by atoms with Gasteiger partial charge in [0, 0.05) is 13.2 Å². The van der Waals surface area contributed by atoms with Crippen LogP contribution in [0.4, 0.5) is 0 Å². The molecular weight excluding hydrogens is 170 g/mol. The van der Waals surface area contributed by atoms with Crippen LogP contribution < -0.4 is 5.73 Å². The van der Waals surface area contributed by atoms with Gasteiger partial charge in [0.1, 0.15) is 0 Å². The van der Waals surface area contributed by atoms with Gasteiger partial charge in [-0.05, 0) is 19.3 Å². The molecule has 0 radical (unpaired) electrons. The number of nitrogens with two attached hydrogens (primary N) is 1. The molecule has 0 aromatic heterocycles. The molecule has 0 bridgehead atoms. The van der Waals surface area contributed by atoms with Crippen LogP contribution in [0.1, 0.15) is 19.3 Å². The standard InChI is InChI=1S/C9H17NO3/c1-12-8-5-6(10)3-4-7(8)9(11)13-2/h6-8H,3-5,10H2,1-2H3. The average molecular weight is 187 g/mol. The Kier molecular flexibility index (Phi) is 3.69. The summed E-state index contributed by atoms with van der Waals surface area (Å²) in [6.07, 6.45) is 2.32. The highest BCUT2D eigenvalue weighted by molar-refractivity contribution is 5.73. The van der Waals surface area contributed by atoms with Gasteiger partial charge < -0.3 is 15.2 Å². The Hall–Kier alpha value is -0.610. The van der Waals surface area contributed by atoms with Crippen LogP contribution in [0.15, 0.2) is 0 Å². The molecule has 0 aromatic rings. The first-order valence-electron chi connectivity index (χ1n) is 4.55. The molecule has 4 nitrogen and oxygen atoms in total. The predicted octanol–water partition coefficient (Wildman–Crippen LogP) is 0.302. The summed E-state index contributed by atoms with van der Waals surface area (Å²) >= 11 is 0. The molecule has 3 atom stereocenters. The molecule has 1 aliphatic carbocycles. The van der Waals surface area contributed by atoms with Gasteiger partial charge in [0.05, 0.1) is 19.1 Å². The third kappa shape index (κ3) is 2.42. The van der Waals surface area contributed by atoms with Crippen molar-refractivity contribution in [1.82, 2.24) is 0 Å². The van der Waals surface area contributed by atoms with E-state index in [9.17, 15) is 4.79 Å². The monoisotopic (exact) mass is 187 g/mol. The van der Waals surface area contributed by atoms with Gasteiger partial charge in [-0.15, -0.1) is 0 Å². The van der Waals surface area contributed by atoms with E-state index in [4.69, 9.17) is 15.2 Å². The van der Waals surface area contributed by atoms with Crippen LogP contribution in [0.2, 0.25) is 0 Å². The molecule has 1 saturated carbocycles. The van der Waals surface area contributed by atoms with Crippen LogP contribution >= 0.6 is 0 Å². The maximum absolute atomic E-state index is 11.3. The summed E-state index contributed by atoms with van der Waals surface area (Å²) in [7, 11) is 3.02. The van der Waals surface area contributed by atoms with Crippen molar-refractivity contribution in [3.05, 3.63) is 0 Å². The third-order valence-corrected chi connectivity index (χ3v) is 2.64. The zero-order chi connectivity index (χ0) is 9.84. The van der Waals surface area contributed by atoms with Gasteiger partial charge in [-0.25, -0.2) is 0 Å². The summed E-state index contributed by atoms with van der Waals surface area (Å²) in [6.45, 7) is 0. The van der Waals surface area contributed by atoms with Crippen molar-refractivity contribution in [3.8, 4) is 0 Å². The highest BCUT2D eigenvalue weighted by Gasteiger charge is 2.34. The molecule has 76 valence electrons. The van der Waals surface area contributed by atoms with Crippen LogP contribution in [0.25, 0.3) is 0 Å². The minimum absolute atomic E-state index is 0.0730. The minimum Gasteiger partial charge on any atom is -0.469 e. The number of rotatable bonds is 2. The van der Waals surface area contributed by atoms with Crippen LogP contribution in [0.5, 0.6) is 0 Å². The van der Waals surface area contributed by atoms with Crippen molar-refractivity contribution in [2.24, 2.45) is 11.7 Å². The van der Waals surface area contributed by atoms with Gasteiger partial charge in [0.15, 0.2) is 0 Å². The topological polar surface area (TPSA) is 61.5 Å². The van der Waals surface area contributed by atoms with E-state index in [1.807, 2.05) is 0 Å². The molecule has 0 heterocycles. The first-order chi connectivity index (χ1) is 6.19. The van der Waals surface area contributed by atoms with Gasteiger partial charge in [0.25, 0.3) is 0 Å². The summed E-state index contributed by atoms with van der Waals surface area (Å²) in [4.78, 5) is 11.3. The molecule has 0 spiro atoms. The fourth-order valence-corrected chi connectivity index (χ4v) is 1.84. The Bertz CT molecular complexity index is 184. The molecular formula is C9H17NO3. The van der Waals surface area contributed by atoms with Crippen molar-refractivity contribution in [1.29, 1.82) is 0 Å². The number of esters is 1. The Balaban J connectivity index is 2.57. The zero-order valence-corrected chi connectivity index (χ0v) is 8.16. The van der Waals surface area contributed by atoms with E-state index in [1.165, 1.54) is 7.11 Å². The quantitative estimate of drug-likeness (QED) is 0.632. The second-order valence-electron chi connectivity index (χ2n) is 3.48. The van der Waals surface area contributed by atoms with Gasteiger partial charge in [-0.2, -0.15) is 0 Å². The Labute approximate surface area is 78.4 Å². The van der Waals surface area contributed by atoms with Crippen LogP contribution in [0, 0.1) is 5.92 Å². The third-order valence-electron chi connectivity index (χ3n) is 2.64. The number of carbonyl (C=O) groups excluding carboxylic acids is 1. The molecule has 4 heteroatoms. The number of hydrogen-bond donors (Lipinski definition) is 1. The second-order valence-corrected chi connectivity index (χ2v) is 3.48. The Morgan fingerprint density at radius 3 is 2.62 bits per heavy atom. The Morgan fingerprint density at radius 1 is 1.38 bits per heavy atom. The minimum atomic E-state index is -0.182. The van der Waals surface area contributed by atoms with E-state index >= 15 is 0 Å². The van der Waals surface area contributed by atoms with Crippen LogP contribution in [-0.4, -0.2) is 32.3 Å².